The minimum Gasteiger partial charge on any atom is -0.353 e. The Balaban J connectivity index is 0.000000186. The summed E-state index contributed by atoms with van der Waals surface area (Å²) < 4.78 is 0. The molecule has 14 nitrogen and oxygen atoms in total. The van der Waals surface area contributed by atoms with Crippen LogP contribution in [0.25, 0.3) is 0 Å². The minimum absolute atomic E-state index is 0.0164. The second kappa shape index (κ2) is 17.9. The van der Waals surface area contributed by atoms with Crippen molar-refractivity contribution < 1.29 is 28.8 Å². The summed E-state index contributed by atoms with van der Waals surface area (Å²) in [4.78, 5) is 91.6. The highest BCUT2D eigenvalue weighted by Gasteiger charge is 2.47. The number of amides is 6. The van der Waals surface area contributed by atoms with Crippen molar-refractivity contribution in [2.75, 3.05) is 62.2 Å². The maximum Gasteiger partial charge on any atom is 0.253 e. The molecule has 6 amide bonds. The smallest absolute Gasteiger partial charge is 0.253 e. The largest absolute Gasteiger partial charge is 0.353 e. The fourth-order valence-electron chi connectivity index (χ4n) is 9.29. The molecule has 0 unspecified atom stereocenters. The first-order chi connectivity index (χ1) is 29.7. The third-order valence-corrected chi connectivity index (χ3v) is 13.0. The van der Waals surface area contributed by atoms with E-state index in [1.54, 1.807) is 24.3 Å². The fourth-order valence-corrected chi connectivity index (χ4v) is 9.29. The van der Waals surface area contributed by atoms with E-state index >= 15 is 0 Å². The summed E-state index contributed by atoms with van der Waals surface area (Å²) in [6.07, 6.45) is 5.14. The molecule has 4 fully saturated rings. The van der Waals surface area contributed by atoms with Crippen LogP contribution in [0.2, 0.25) is 0 Å². The van der Waals surface area contributed by atoms with Crippen molar-refractivity contribution in [1.29, 1.82) is 0 Å². The van der Waals surface area contributed by atoms with E-state index in [1.165, 1.54) is 0 Å². The zero-order chi connectivity index (χ0) is 44.3. The zero-order valence-electron chi connectivity index (χ0n) is 36.5. The predicted molar refractivity (Wildman–Crippen MR) is 236 cm³/mol. The van der Waals surface area contributed by atoms with Gasteiger partial charge in [0.2, 0.25) is 23.6 Å². The number of nitrogens with one attached hydrogen (secondary N) is 2. The summed E-state index contributed by atoms with van der Waals surface area (Å²) >= 11 is 0. The quantitative estimate of drug-likeness (QED) is 0.238. The fraction of sp³-hybridized carbons (Fsp3) is 0.417. The second-order valence-corrected chi connectivity index (χ2v) is 17.0. The maximum absolute atomic E-state index is 13.0. The number of benzene rings is 2. The molecule has 6 heterocycles. The van der Waals surface area contributed by atoms with Gasteiger partial charge in [-0.1, -0.05) is 50.2 Å². The predicted octanol–water partition coefficient (Wildman–Crippen LogP) is 4.71. The molecule has 8 rings (SSSR count). The van der Waals surface area contributed by atoms with E-state index in [4.69, 9.17) is 0 Å². The Hall–Kier alpha value is -6.44. The van der Waals surface area contributed by atoms with Crippen molar-refractivity contribution in [3.63, 3.8) is 0 Å². The highest BCUT2D eigenvalue weighted by molar-refractivity contribution is 6.10. The van der Waals surface area contributed by atoms with Crippen LogP contribution in [-0.2, 0) is 30.0 Å². The van der Waals surface area contributed by atoms with Crippen LogP contribution in [0.4, 0.5) is 11.6 Å². The molecule has 4 aliphatic heterocycles. The van der Waals surface area contributed by atoms with Gasteiger partial charge in [0.15, 0.2) is 0 Å². The van der Waals surface area contributed by atoms with Crippen molar-refractivity contribution >= 4 is 47.1 Å². The number of aryl methyl sites for hydroxylation is 4. The standard InChI is InChI=1S/2C24H28N4O3/c2*1-4-24(14-20(29)26-23(24)31)19-7-5-18(6-8-19)22(30)28-11-9-27(10-12-28)21-17(3)13-16(2)15-25-21/h2*5-8,13,15H,4,9-12,14H2,1-3H3,(H,26,29,31)/t2*24-/m10/s1. The van der Waals surface area contributed by atoms with Gasteiger partial charge in [0, 0.05) is 88.7 Å². The number of anilines is 2. The Morgan fingerprint density at radius 2 is 0.887 bits per heavy atom. The van der Waals surface area contributed by atoms with Crippen molar-refractivity contribution in [1.82, 2.24) is 30.4 Å². The third-order valence-electron chi connectivity index (χ3n) is 13.0. The average Bonchev–Trinajstić information content (AvgIpc) is 3.75. The Kier molecular flexibility index (Phi) is 12.6. The number of hydrogen-bond donors (Lipinski definition) is 2. The van der Waals surface area contributed by atoms with Crippen molar-refractivity contribution in [2.45, 2.75) is 78.1 Å². The van der Waals surface area contributed by atoms with Gasteiger partial charge in [0.05, 0.1) is 10.8 Å². The van der Waals surface area contributed by atoms with Gasteiger partial charge in [-0.15, -0.1) is 0 Å². The topological polar surface area (TPSA) is 165 Å². The summed E-state index contributed by atoms with van der Waals surface area (Å²) in [5, 5.41) is 4.82. The van der Waals surface area contributed by atoms with Gasteiger partial charge in [-0.3, -0.25) is 39.4 Å². The summed E-state index contributed by atoms with van der Waals surface area (Å²) in [6.45, 7) is 17.5. The lowest BCUT2D eigenvalue weighted by Crippen LogP contribution is -2.49. The number of imide groups is 2. The van der Waals surface area contributed by atoms with E-state index in [9.17, 15) is 28.8 Å². The Morgan fingerprint density at radius 1 is 0.548 bits per heavy atom. The molecule has 0 spiro atoms. The van der Waals surface area contributed by atoms with Gasteiger partial charge >= 0.3 is 0 Å². The van der Waals surface area contributed by atoms with Crippen LogP contribution in [-0.4, -0.2) is 108 Å². The molecule has 0 aliphatic carbocycles. The van der Waals surface area contributed by atoms with Crippen LogP contribution >= 0.6 is 0 Å². The molecule has 14 heteroatoms. The van der Waals surface area contributed by atoms with Crippen molar-refractivity contribution in [2.24, 2.45) is 0 Å². The first-order valence-corrected chi connectivity index (χ1v) is 21.5. The van der Waals surface area contributed by atoms with E-state index in [2.05, 4.69) is 56.4 Å². The molecule has 62 heavy (non-hydrogen) atoms. The SMILES string of the molecule is CC[C@@]1(c2ccc(C(=O)N3CCN(c4ncc(C)cc4C)CC3)cc2)CC(=O)NC1=O.CC[C@]1(c2ccc(C(=O)N3CCN(c4ncc(C)cc4C)CC3)cc2)CC(=O)NC1=O. The molecule has 2 N–H and O–H groups in total. The number of rotatable bonds is 8. The molecule has 2 aromatic carbocycles. The number of nitrogens with zero attached hydrogens (tertiary/aromatic N) is 6. The van der Waals surface area contributed by atoms with Crippen LogP contribution < -0.4 is 20.4 Å². The van der Waals surface area contributed by atoms with E-state index in [1.807, 2.05) is 74.2 Å². The second-order valence-electron chi connectivity index (χ2n) is 17.0. The van der Waals surface area contributed by atoms with Gasteiger partial charge in [0.1, 0.15) is 11.6 Å². The van der Waals surface area contributed by atoms with Crippen molar-refractivity contribution in [3.8, 4) is 0 Å². The van der Waals surface area contributed by atoms with E-state index in [-0.39, 0.29) is 48.3 Å². The van der Waals surface area contributed by atoms with Crippen LogP contribution in [0.1, 0.15) is 93.6 Å². The van der Waals surface area contributed by atoms with Crippen LogP contribution in [0, 0.1) is 27.7 Å². The van der Waals surface area contributed by atoms with Crippen molar-refractivity contribution in [3.05, 3.63) is 118 Å². The molecule has 2 atom stereocenters. The summed E-state index contributed by atoms with van der Waals surface area (Å²) in [6, 6.07) is 18.6. The summed E-state index contributed by atoms with van der Waals surface area (Å²) in [7, 11) is 0. The minimum atomic E-state index is -0.830. The van der Waals surface area contributed by atoms with E-state index in [0.29, 0.717) is 50.1 Å². The average molecular weight is 841 g/mol. The molecule has 0 saturated carbocycles. The number of hydrogen-bond acceptors (Lipinski definition) is 10. The number of carbonyl (C=O) groups is 6. The Labute approximate surface area is 363 Å². The first-order valence-electron chi connectivity index (χ1n) is 21.5. The van der Waals surface area contributed by atoms with Gasteiger partial charge < -0.3 is 19.6 Å². The molecule has 2 aromatic heterocycles. The monoisotopic (exact) mass is 840 g/mol. The summed E-state index contributed by atoms with van der Waals surface area (Å²) in [5.74, 6) is 0.930. The molecule has 4 aromatic rings. The highest BCUT2D eigenvalue weighted by Crippen LogP contribution is 2.37. The molecule has 0 radical (unpaired) electrons. The normalized spacial score (nSPS) is 21.4. The first kappa shape index (κ1) is 43.6. The number of pyridine rings is 2. The Bertz CT molecular complexity index is 2220. The van der Waals surface area contributed by atoms with Gasteiger partial charge in [0.25, 0.3) is 11.8 Å². The number of piperazine rings is 2. The maximum atomic E-state index is 13.0. The molecule has 324 valence electrons. The Morgan fingerprint density at radius 3 is 1.16 bits per heavy atom. The van der Waals surface area contributed by atoms with Crippen LogP contribution in [0.5, 0.6) is 0 Å². The molecular weight excluding hydrogens is 785 g/mol. The lowest BCUT2D eigenvalue weighted by molar-refractivity contribution is -0.128. The molecular formula is C48H56N8O6. The molecule has 4 aliphatic rings. The van der Waals surface area contributed by atoms with Gasteiger partial charge in [-0.05, 0) is 98.2 Å². The lowest BCUT2D eigenvalue weighted by Gasteiger charge is -2.36. The number of carbonyl (C=O) groups excluding carboxylic acids is 6. The number of aromatic nitrogens is 2. The van der Waals surface area contributed by atoms with Gasteiger partial charge in [-0.25, -0.2) is 9.97 Å². The highest BCUT2D eigenvalue weighted by atomic mass is 16.2. The zero-order valence-corrected chi connectivity index (χ0v) is 36.5. The molecule has 4 saturated heterocycles. The van der Waals surface area contributed by atoms with E-state index < -0.39 is 10.8 Å². The summed E-state index contributed by atoms with van der Waals surface area (Å²) in [5.41, 5.74) is 5.67. The van der Waals surface area contributed by atoms with Crippen LogP contribution in [0.3, 0.4) is 0 Å². The van der Waals surface area contributed by atoms with Gasteiger partial charge in [-0.2, -0.15) is 0 Å². The molecule has 0 bridgehead atoms. The van der Waals surface area contributed by atoms with Crippen LogP contribution in [0.15, 0.2) is 73.1 Å². The van der Waals surface area contributed by atoms with E-state index in [0.717, 1.165) is 71.2 Å². The lowest BCUT2D eigenvalue weighted by atomic mass is 9.76. The third kappa shape index (κ3) is 8.55.